The maximum atomic E-state index is 13.2. The predicted molar refractivity (Wildman–Crippen MR) is 114 cm³/mol. The highest BCUT2D eigenvalue weighted by Crippen LogP contribution is 2.44. The zero-order valence-electron chi connectivity index (χ0n) is 16.7. The summed E-state index contributed by atoms with van der Waals surface area (Å²) in [6, 6.07) is 12.3. The number of carbonyl (C=O) groups excluding carboxylic acids is 1. The highest BCUT2D eigenvalue weighted by molar-refractivity contribution is 6.31. The number of urea groups is 1. The van der Waals surface area contributed by atoms with Crippen LogP contribution in [0, 0.1) is 0 Å². The molecule has 1 fully saturated rings. The minimum atomic E-state index is -4.60. The van der Waals surface area contributed by atoms with E-state index in [2.05, 4.69) is 10.3 Å². The molecule has 5 rings (SSSR count). The van der Waals surface area contributed by atoms with Crippen LogP contribution in [-0.2, 0) is 12.6 Å². The zero-order valence-corrected chi connectivity index (χ0v) is 17.5. The van der Waals surface area contributed by atoms with E-state index in [9.17, 15) is 18.0 Å². The van der Waals surface area contributed by atoms with Gasteiger partial charge in [0.15, 0.2) is 5.82 Å². The third-order valence-corrected chi connectivity index (χ3v) is 6.31. The Morgan fingerprint density at radius 2 is 1.91 bits per heavy atom. The summed E-state index contributed by atoms with van der Waals surface area (Å²) in [5.41, 5.74) is 1.80. The zero-order chi connectivity index (χ0) is 22.5. The van der Waals surface area contributed by atoms with Crippen LogP contribution in [-0.4, -0.2) is 26.9 Å². The average Bonchev–Trinajstić information content (AvgIpc) is 3.09. The Hall–Kier alpha value is -3.13. The third-order valence-electron chi connectivity index (χ3n) is 5.98. The van der Waals surface area contributed by atoms with Crippen molar-refractivity contribution in [2.75, 3.05) is 5.32 Å². The van der Waals surface area contributed by atoms with Gasteiger partial charge in [-0.1, -0.05) is 41.9 Å². The molecule has 32 heavy (non-hydrogen) atoms. The Bertz CT molecular complexity index is 1190. The number of benzene rings is 2. The van der Waals surface area contributed by atoms with Gasteiger partial charge in [0.2, 0.25) is 0 Å². The van der Waals surface area contributed by atoms with Gasteiger partial charge in [-0.25, -0.2) is 14.8 Å². The lowest BCUT2D eigenvalue weighted by Crippen LogP contribution is -2.44. The number of rotatable bonds is 2. The number of amides is 2. The number of fused-ring (bicyclic) bond motifs is 4. The van der Waals surface area contributed by atoms with Gasteiger partial charge in [0, 0.05) is 35.5 Å². The van der Waals surface area contributed by atoms with Gasteiger partial charge in [-0.15, -0.1) is 0 Å². The first-order valence-electron chi connectivity index (χ1n) is 10.2. The fraction of sp³-hybridized carbons (Fsp3) is 0.261. The van der Waals surface area contributed by atoms with Crippen LogP contribution in [0.3, 0.4) is 0 Å². The van der Waals surface area contributed by atoms with Gasteiger partial charge in [-0.2, -0.15) is 13.2 Å². The summed E-state index contributed by atoms with van der Waals surface area (Å²) in [7, 11) is 0. The van der Waals surface area contributed by atoms with Gasteiger partial charge in [0.25, 0.3) is 0 Å². The Morgan fingerprint density at radius 1 is 1.12 bits per heavy atom. The second-order valence-electron chi connectivity index (χ2n) is 7.94. The number of hydrogen-bond acceptors (Lipinski definition) is 3. The number of nitrogens with one attached hydrogen (secondary N) is 1. The minimum absolute atomic E-state index is 0.0487. The molecule has 3 heterocycles. The molecule has 2 amide bonds. The van der Waals surface area contributed by atoms with E-state index < -0.39 is 22.8 Å². The number of alkyl halides is 3. The molecule has 0 radical (unpaired) electrons. The molecule has 2 unspecified atom stereocenters. The largest absolute Gasteiger partial charge is 0.417 e. The van der Waals surface area contributed by atoms with Gasteiger partial charge >= 0.3 is 12.2 Å². The lowest BCUT2D eigenvalue weighted by molar-refractivity contribution is -0.137. The highest BCUT2D eigenvalue weighted by Gasteiger charge is 2.43. The van der Waals surface area contributed by atoms with Gasteiger partial charge in [0.1, 0.15) is 0 Å². The number of halogens is 4. The normalized spacial score (nSPS) is 19.6. The Balaban J connectivity index is 1.40. The Labute approximate surface area is 187 Å². The second-order valence-corrected chi connectivity index (χ2v) is 8.35. The van der Waals surface area contributed by atoms with Crippen LogP contribution in [0.15, 0.2) is 54.7 Å². The van der Waals surface area contributed by atoms with E-state index >= 15 is 0 Å². The maximum Gasteiger partial charge on any atom is 0.417 e. The Morgan fingerprint density at radius 3 is 2.66 bits per heavy atom. The summed E-state index contributed by atoms with van der Waals surface area (Å²) in [4.78, 5) is 24.0. The molecule has 0 spiro atoms. The van der Waals surface area contributed by atoms with Crippen LogP contribution in [0.1, 0.15) is 35.7 Å². The Kier molecular flexibility index (Phi) is 5.04. The summed E-state index contributed by atoms with van der Waals surface area (Å²) in [6.07, 6.45) is -0.705. The van der Waals surface area contributed by atoms with E-state index in [-0.39, 0.29) is 17.8 Å². The average molecular weight is 459 g/mol. The molecule has 5 nitrogen and oxygen atoms in total. The molecule has 1 N–H and O–H groups in total. The lowest BCUT2D eigenvalue weighted by Gasteiger charge is -2.35. The van der Waals surface area contributed by atoms with Crippen LogP contribution < -0.4 is 5.32 Å². The van der Waals surface area contributed by atoms with Crippen molar-refractivity contribution in [1.29, 1.82) is 0 Å². The summed E-state index contributed by atoms with van der Waals surface area (Å²) < 4.78 is 39.5. The van der Waals surface area contributed by atoms with Crippen LogP contribution in [0.5, 0.6) is 0 Å². The summed E-state index contributed by atoms with van der Waals surface area (Å²) in [5.74, 6) is 0.641. The van der Waals surface area contributed by atoms with Crippen LogP contribution in [0.2, 0.25) is 5.02 Å². The number of nitrogens with zero attached hydrogens (tertiary/aromatic N) is 3. The fourth-order valence-corrected chi connectivity index (χ4v) is 4.75. The van der Waals surface area contributed by atoms with Gasteiger partial charge in [-0.3, -0.25) is 0 Å². The first kappa shape index (κ1) is 20.8. The molecule has 0 saturated carbocycles. The molecule has 3 aromatic rings. The molecule has 2 aromatic carbocycles. The summed E-state index contributed by atoms with van der Waals surface area (Å²) in [6.45, 7) is 0. The topological polar surface area (TPSA) is 58.1 Å². The molecule has 2 bridgehead atoms. The van der Waals surface area contributed by atoms with Crippen molar-refractivity contribution in [2.45, 2.75) is 37.5 Å². The molecular weight excluding hydrogens is 441 g/mol. The predicted octanol–water partition coefficient (Wildman–Crippen LogP) is 6.11. The van der Waals surface area contributed by atoms with Crippen molar-refractivity contribution in [3.8, 4) is 11.4 Å². The van der Waals surface area contributed by atoms with Crippen molar-refractivity contribution >= 4 is 23.3 Å². The monoisotopic (exact) mass is 458 g/mol. The lowest BCUT2D eigenvalue weighted by atomic mass is 9.99. The van der Waals surface area contributed by atoms with Crippen molar-refractivity contribution in [1.82, 2.24) is 14.9 Å². The molecule has 2 atom stereocenters. The molecule has 0 aliphatic carbocycles. The fourth-order valence-electron chi connectivity index (χ4n) is 4.52. The van der Waals surface area contributed by atoms with E-state index in [1.54, 1.807) is 11.1 Å². The highest BCUT2D eigenvalue weighted by atomic mass is 35.5. The van der Waals surface area contributed by atoms with E-state index in [1.165, 1.54) is 6.07 Å². The quantitative estimate of drug-likeness (QED) is 0.504. The van der Waals surface area contributed by atoms with Gasteiger partial charge in [0.05, 0.1) is 22.3 Å². The van der Waals surface area contributed by atoms with Crippen LogP contribution in [0.25, 0.3) is 11.4 Å². The number of aromatic nitrogens is 2. The van der Waals surface area contributed by atoms with Crippen LogP contribution >= 0.6 is 11.6 Å². The van der Waals surface area contributed by atoms with E-state index in [0.29, 0.717) is 12.2 Å². The van der Waals surface area contributed by atoms with Crippen molar-refractivity contribution < 1.29 is 18.0 Å². The first-order chi connectivity index (χ1) is 15.3. The molecule has 2 aliphatic heterocycles. The van der Waals surface area contributed by atoms with Crippen molar-refractivity contribution in [2.24, 2.45) is 0 Å². The van der Waals surface area contributed by atoms with E-state index in [0.717, 1.165) is 41.8 Å². The third kappa shape index (κ3) is 3.68. The van der Waals surface area contributed by atoms with E-state index in [4.69, 9.17) is 16.6 Å². The summed E-state index contributed by atoms with van der Waals surface area (Å²) >= 11 is 5.68. The maximum absolute atomic E-state index is 13.2. The standard InChI is InChI=1S/C23H18ClF3N4O/c24-18-8-6-14(10-17(18)23(25,26)27)29-22(32)31-15-7-9-20(31)16-12-28-21(30-19(16)11-15)13-4-2-1-3-5-13/h1-6,8,10,12,15,20H,7,9,11H2,(H,29,32). The van der Waals surface area contributed by atoms with Gasteiger partial charge < -0.3 is 10.2 Å². The van der Waals surface area contributed by atoms with Crippen LogP contribution in [0.4, 0.5) is 23.7 Å². The van der Waals surface area contributed by atoms with E-state index in [1.807, 2.05) is 30.3 Å². The number of hydrogen-bond donors (Lipinski definition) is 1. The van der Waals surface area contributed by atoms with Crippen molar-refractivity contribution in [3.63, 3.8) is 0 Å². The SMILES string of the molecule is O=C(Nc1ccc(Cl)c(C(F)(F)F)c1)N1C2CCC1c1cnc(-c3ccccc3)nc1C2. The smallest absolute Gasteiger partial charge is 0.314 e. The van der Waals surface area contributed by atoms with Gasteiger partial charge in [-0.05, 0) is 31.0 Å². The molecule has 2 aliphatic rings. The molecule has 9 heteroatoms. The number of anilines is 1. The van der Waals surface area contributed by atoms with Crippen molar-refractivity contribution in [3.05, 3.63) is 76.6 Å². The molecule has 1 saturated heterocycles. The molecular formula is C23H18ClF3N4O. The second kappa shape index (κ2) is 7.78. The number of carbonyl (C=O) groups is 1. The summed E-state index contributed by atoms with van der Waals surface area (Å²) in [5, 5.41) is 2.20. The molecule has 164 valence electrons. The molecule has 1 aromatic heterocycles. The first-order valence-corrected chi connectivity index (χ1v) is 10.6. The minimum Gasteiger partial charge on any atom is -0.314 e.